The lowest BCUT2D eigenvalue weighted by molar-refractivity contribution is 0.0708. The van der Waals surface area contributed by atoms with Crippen molar-refractivity contribution in [1.82, 2.24) is 4.90 Å². The standard InChI is InChI=1S/C9H12ClNO2S/c1-6(12)5-11(2)9(13)8-7(10)3-4-14-8/h3-4,6,12H,5H2,1-2H3. The molecule has 0 saturated heterocycles. The highest BCUT2D eigenvalue weighted by atomic mass is 35.5. The zero-order chi connectivity index (χ0) is 10.7. The van der Waals surface area contributed by atoms with Crippen molar-refractivity contribution in [2.45, 2.75) is 13.0 Å². The molecular formula is C9H12ClNO2S. The molecule has 3 nitrogen and oxygen atoms in total. The molecule has 1 N–H and O–H groups in total. The summed E-state index contributed by atoms with van der Waals surface area (Å²) in [4.78, 5) is 13.7. The van der Waals surface area contributed by atoms with E-state index in [0.29, 0.717) is 16.4 Å². The lowest BCUT2D eigenvalue weighted by Crippen LogP contribution is -2.32. The van der Waals surface area contributed by atoms with Crippen LogP contribution in [-0.4, -0.2) is 35.6 Å². The van der Waals surface area contributed by atoms with Gasteiger partial charge in [-0.05, 0) is 18.4 Å². The van der Waals surface area contributed by atoms with E-state index >= 15 is 0 Å². The van der Waals surface area contributed by atoms with Crippen LogP contribution in [0.15, 0.2) is 11.4 Å². The van der Waals surface area contributed by atoms with E-state index in [2.05, 4.69) is 0 Å². The molecule has 5 heteroatoms. The fourth-order valence-corrected chi connectivity index (χ4v) is 2.23. The van der Waals surface area contributed by atoms with Gasteiger partial charge in [0.25, 0.3) is 5.91 Å². The predicted octanol–water partition coefficient (Wildman–Crippen LogP) is 1.85. The summed E-state index contributed by atoms with van der Waals surface area (Å²) in [6.45, 7) is 1.95. The Balaban J connectivity index is 2.71. The van der Waals surface area contributed by atoms with Crippen LogP contribution < -0.4 is 0 Å². The van der Waals surface area contributed by atoms with Gasteiger partial charge in [0.15, 0.2) is 0 Å². The minimum absolute atomic E-state index is 0.147. The van der Waals surface area contributed by atoms with Gasteiger partial charge in [0.2, 0.25) is 0 Å². The molecule has 0 aliphatic carbocycles. The van der Waals surface area contributed by atoms with Gasteiger partial charge >= 0.3 is 0 Å². The third-order valence-electron chi connectivity index (χ3n) is 1.70. The number of likely N-dealkylation sites (N-methyl/N-ethyl adjacent to an activating group) is 1. The lowest BCUT2D eigenvalue weighted by atomic mass is 10.3. The molecule has 1 amide bonds. The minimum Gasteiger partial charge on any atom is -0.392 e. The molecule has 1 aromatic rings. The number of amides is 1. The molecule has 1 atom stereocenters. The molecular weight excluding hydrogens is 222 g/mol. The summed E-state index contributed by atoms with van der Waals surface area (Å²) in [5, 5.41) is 11.4. The lowest BCUT2D eigenvalue weighted by Gasteiger charge is -2.17. The van der Waals surface area contributed by atoms with Crippen LogP contribution in [0.3, 0.4) is 0 Å². The second kappa shape index (κ2) is 4.77. The first-order valence-electron chi connectivity index (χ1n) is 4.19. The molecule has 0 aliphatic heterocycles. The van der Waals surface area contributed by atoms with Gasteiger partial charge < -0.3 is 10.0 Å². The number of halogens is 1. The second-order valence-corrected chi connectivity index (χ2v) is 4.46. The number of thiophene rings is 1. The monoisotopic (exact) mass is 233 g/mol. The van der Waals surface area contributed by atoms with Crippen molar-refractivity contribution in [3.05, 3.63) is 21.3 Å². The zero-order valence-corrected chi connectivity index (χ0v) is 9.60. The molecule has 0 aromatic carbocycles. The second-order valence-electron chi connectivity index (χ2n) is 3.13. The number of hydrogen-bond donors (Lipinski definition) is 1. The summed E-state index contributed by atoms with van der Waals surface area (Å²) in [5.74, 6) is -0.147. The van der Waals surface area contributed by atoms with E-state index in [0.717, 1.165) is 0 Å². The molecule has 14 heavy (non-hydrogen) atoms. The summed E-state index contributed by atoms with van der Waals surface area (Å²) < 4.78 is 0. The highest BCUT2D eigenvalue weighted by molar-refractivity contribution is 7.12. The molecule has 0 radical (unpaired) electrons. The van der Waals surface area contributed by atoms with Crippen LogP contribution in [0.2, 0.25) is 5.02 Å². The van der Waals surface area contributed by atoms with Crippen molar-refractivity contribution in [1.29, 1.82) is 0 Å². The van der Waals surface area contributed by atoms with Crippen molar-refractivity contribution in [3.63, 3.8) is 0 Å². The average Bonchev–Trinajstić information content (AvgIpc) is 2.48. The molecule has 0 aliphatic rings. The molecule has 0 spiro atoms. The Morgan fingerprint density at radius 2 is 2.43 bits per heavy atom. The normalized spacial score (nSPS) is 12.6. The van der Waals surface area contributed by atoms with Crippen molar-refractivity contribution < 1.29 is 9.90 Å². The van der Waals surface area contributed by atoms with E-state index in [1.165, 1.54) is 16.2 Å². The summed E-state index contributed by atoms with van der Waals surface area (Å²) in [5.41, 5.74) is 0. The fraction of sp³-hybridized carbons (Fsp3) is 0.444. The number of carbonyl (C=O) groups excluding carboxylic acids is 1. The Hall–Kier alpha value is -0.580. The van der Waals surface area contributed by atoms with Gasteiger partial charge in [-0.3, -0.25) is 4.79 Å². The van der Waals surface area contributed by atoms with Crippen molar-refractivity contribution in [2.24, 2.45) is 0 Å². The third-order valence-corrected chi connectivity index (χ3v) is 3.03. The summed E-state index contributed by atoms with van der Waals surface area (Å²) >= 11 is 7.12. The third kappa shape index (κ3) is 2.70. The Morgan fingerprint density at radius 1 is 1.79 bits per heavy atom. The molecule has 0 bridgehead atoms. The number of carbonyl (C=O) groups is 1. The predicted molar refractivity (Wildman–Crippen MR) is 58.0 cm³/mol. The molecule has 1 aromatic heterocycles. The molecule has 1 unspecified atom stereocenters. The number of hydrogen-bond acceptors (Lipinski definition) is 3. The maximum absolute atomic E-state index is 11.7. The van der Waals surface area contributed by atoms with Crippen molar-refractivity contribution in [3.8, 4) is 0 Å². The van der Waals surface area contributed by atoms with Gasteiger partial charge in [0, 0.05) is 13.6 Å². The SMILES string of the molecule is CC(O)CN(C)C(=O)c1sccc1Cl. The quantitative estimate of drug-likeness (QED) is 0.866. The van der Waals surface area contributed by atoms with Crippen LogP contribution in [0.25, 0.3) is 0 Å². The Labute approximate surface area is 91.9 Å². The fourth-order valence-electron chi connectivity index (χ4n) is 1.10. The van der Waals surface area contributed by atoms with E-state index in [1.807, 2.05) is 0 Å². The van der Waals surface area contributed by atoms with Gasteiger partial charge in [-0.1, -0.05) is 11.6 Å². The first kappa shape index (κ1) is 11.5. The Morgan fingerprint density at radius 3 is 2.86 bits per heavy atom. The van der Waals surface area contributed by atoms with Crippen LogP contribution in [0.1, 0.15) is 16.6 Å². The number of nitrogens with zero attached hydrogens (tertiary/aromatic N) is 1. The van der Waals surface area contributed by atoms with Crippen LogP contribution in [-0.2, 0) is 0 Å². The van der Waals surface area contributed by atoms with Crippen molar-refractivity contribution in [2.75, 3.05) is 13.6 Å². The van der Waals surface area contributed by atoms with Gasteiger partial charge in [-0.15, -0.1) is 11.3 Å². The van der Waals surface area contributed by atoms with E-state index in [-0.39, 0.29) is 5.91 Å². The van der Waals surface area contributed by atoms with E-state index in [9.17, 15) is 4.79 Å². The Bertz CT molecular complexity index is 324. The maximum atomic E-state index is 11.7. The molecule has 0 fully saturated rings. The topological polar surface area (TPSA) is 40.5 Å². The van der Waals surface area contributed by atoms with Crippen LogP contribution in [0.5, 0.6) is 0 Å². The van der Waals surface area contributed by atoms with Crippen LogP contribution in [0, 0.1) is 0 Å². The highest BCUT2D eigenvalue weighted by Gasteiger charge is 2.17. The summed E-state index contributed by atoms with van der Waals surface area (Å²) in [7, 11) is 1.64. The van der Waals surface area contributed by atoms with Gasteiger partial charge in [-0.25, -0.2) is 0 Å². The smallest absolute Gasteiger partial charge is 0.265 e. The minimum atomic E-state index is -0.525. The average molecular weight is 234 g/mol. The van der Waals surface area contributed by atoms with Crippen LogP contribution in [0.4, 0.5) is 0 Å². The molecule has 78 valence electrons. The van der Waals surface area contributed by atoms with Gasteiger partial charge in [0.1, 0.15) is 4.88 Å². The van der Waals surface area contributed by atoms with Crippen LogP contribution >= 0.6 is 22.9 Å². The number of rotatable bonds is 3. The summed E-state index contributed by atoms with van der Waals surface area (Å²) in [6, 6.07) is 1.69. The Kier molecular flexibility index (Phi) is 3.92. The van der Waals surface area contributed by atoms with Crippen molar-refractivity contribution >= 4 is 28.8 Å². The molecule has 1 rings (SSSR count). The van der Waals surface area contributed by atoms with E-state index in [4.69, 9.17) is 16.7 Å². The first-order valence-corrected chi connectivity index (χ1v) is 5.44. The van der Waals surface area contributed by atoms with E-state index in [1.54, 1.807) is 25.4 Å². The van der Waals surface area contributed by atoms with Gasteiger partial charge in [0.05, 0.1) is 11.1 Å². The van der Waals surface area contributed by atoms with Gasteiger partial charge in [-0.2, -0.15) is 0 Å². The zero-order valence-electron chi connectivity index (χ0n) is 8.03. The number of aliphatic hydroxyl groups excluding tert-OH is 1. The molecule has 1 heterocycles. The molecule has 0 saturated carbocycles. The van der Waals surface area contributed by atoms with E-state index < -0.39 is 6.10 Å². The summed E-state index contributed by atoms with van der Waals surface area (Å²) in [6.07, 6.45) is -0.525. The number of aliphatic hydroxyl groups is 1. The highest BCUT2D eigenvalue weighted by Crippen LogP contribution is 2.23. The largest absolute Gasteiger partial charge is 0.392 e. The maximum Gasteiger partial charge on any atom is 0.265 e. The first-order chi connectivity index (χ1) is 6.52.